The molecular weight excluding hydrogens is 244 g/mol. The zero-order valence-electron chi connectivity index (χ0n) is 9.06. The molecule has 0 saturated heterocycles. The minimum atomic E-state index is -2.77. The molecule has 0 aliphatic rings. The van der Waals surface area contributed by atoms with Crippen molar-refractivity contribution in [3.05, 3.63) is 41.7 Å². The lowest BCUT2D eigenvalue weighted by atomic mass is 10.2. The minimum absolute atomic E-state index is 0.0716. The van der Waals surface area contributed by atoms with Crippen molar-refractivity contribution in [3.8, 4) is 0 Å². The van der Waals surface area contributed by atoms with Crippen molar-refractivity contribution in [1.29, 1.82) is 0 Å². The molecule has 0 saturated carbocycles. The highest BCUT2D eigenvalue weighted by molar-refractivity contribution is 6.04. The second-order valence-electron chi connectivity index (χ2n) is 3.49. The van der Waals surface area contributed by atoms with E-state index in [-0.39, 0.29) is 5.82 Å². The molecule has 1 aromatic heterocycles. The number of rotatable bonds is 3. The van der Waals surface area contributed by atoms with Gasteiger partial charge in [0, 0.05) is 17.3 Å². The van der Waals surface area contributed by atoms with Gasteiger partial charge in [0.1, 0.15) is 0 Å². The number of nitrogens with one attached hydrogen (secondary N) is 1. The number of hydrogen-bond donors (Lipinski definition) is 2. The number of aromatic nitrogens is 1. The maximum absolute atomic E-state index is 12.2. The van der Waals surface area contributed by atoms with Crippen molar-refractivity contribution in [2.45, 2.75) is 6.43 Å². The molecule has 1 amide bonds. The molecule has 18 heavy (non-hydrogen) atoms. The summed E-state index contributed by atoms with van der Waals surface area (Å²) < 4.78 is 28.8. The number of benzene rings is 1. The molecule has 7 heteroatoms. The molecule has 0 radical (unpaired) electrons. The lowest BCUT2D eigenvalue weighted by Gasteiger charge is -2.01. The Kier molecular flexibility index (Phi) is 3.22. The van der Waals surface area contributed by atoms with E-state index in [0.717, 1.165) is 6.07 Å². The van der Waals surface area contributed by atoms with Gasteiger partial charge in [0.25, 0.3) is 12.3 Å². The molecule has 94 valence electrons. The minimum Gasteiger partial charge on any atom is -0.399 e. The fourth-order valence-electron chi connectivity index (χ4n) is 1.32. The quantitative estimate of drug-likeness (QED) is 0.823. The van der Waals surface area contributed by atoms with Crippen LogP contribution in [0.5, 0.6) is 0 Å². The Morgan fingerprint density at radius 3 is 2.78 bits per heavy atom. The normalized spacial score (nSPS) is 10.6. The van der Waals surface area contributed by atoms with Crippen LogP contribution >= 0.6 is 0 Å². The number of carbonyl (C=O) groups is 1. The molecule has 1 aromatic carbocycles. The number of anilines is 2. The smallest absolute Gasteiger partial charge is 0.298 e. The average Bonchev–Trinajstić information content (AvgIpc) is 2.77. The van der Waals surface area contributed by atoms with Crippen LogP contribution in [0.25, 0.3) is 0 Å². The number of amides is 1. The third-order valence-electron chi connectivity index (χ3n) is 2.13. The Labute approximate surface area is 101 Å². The molecule has 0 bridgehead atoms. The lowest BCUT2D eigenvalue weighted by Crippen LogP contribution is -2.12. The van der Waals surface area contributed by atoms with Crippen molar-refractivity contribution < 1.29 is 18.1 Å². The summed E-state index contributed by atoms with van der Waals surface area (Å²) in [6.45, 7) is 0. The molecule has 0 unspecified atom stereocenters. The summed E-state index contributed by atoms with van der Waals surface area (Å²) in [6.07, 6.45) is -2.77. The second kappa shape index (κ2) is 4.82. The number of hydrogen-bond acceptors (Lipinski definition) is 4. The lowest BCUT2D eigenvalue weighted by molar-refractivity contribution is 0.102. The molecule has 0 aliphatic heterocycles. The van der Waals surface area contributed by atoms with E-state index >= 15 is 0 Å². The van der Waals surface area contributed by atoms with Gasteiger partial charge in [-0.25, -0.2) is 8.78 Å². The summed E-state index contributed by atoms with van der Waals surface area (Å²) >= 11 is 0. The van der Waals surface area contributed by atoms with Gasteiger partial charge >= 0.3 is 0 Å². The second-order valence-corrected chi connectivity index (χ2v) is 3.49. The Morgan fingerprint density at radius 2 is 2.17 bits per heavy atom. The zero-order valence-corrected chi connectivity index (χ0v) is 9.06. The number of nitrogens with zero attached hydrogens (tertiary/aromatic N) is 1. The maximum Gasteiger partial charge on any atom is 0.298 e. The first kappa shape index (κ1) is 12.0. The highest BCUT2D eigenvalue weighted by Gasteiger charge is 2.16. The zero-order chi connectivity index (χ0) is 13.1. The maximum atomic E-state index is 12.2. The molecule has 0 spiro atoms. The van der Waals surface area contributed by atoms with Gasteiger partial charge in [-0.1, -0.05) is 11.2 Å². The van der Waals surface area contributed by atoms with Crippen molar-refractivity contribution >= 4 is 17.4 Å². The van der Waals surface area contributed by atoms with E-state index in [4.69, 9.17) is 5.73 Å². The van der Waals surface area contributed by atoms with Gasteiger partial charge < -0.3 is 15.6 Å². The van der Waals surface area contributed by atoms with E-state index in [1.807, 2.05) is 0 Å². The summed E-state index contributed by atoms with van der Waals surface area (Å²) in [5.74, 6) is -1.17. The number of nitrogen functional groups attached to an aromatic ring is 1. The first-order valence-electron chi connectivity index (χ1n) is 4.98. The van der Waals surface area contributed by atoms with E-state index < -0.39 is 18.1 Å². The molecule has 2 rings (SSSR count). The third-order valence-corrected chi connectivity index (χ3v) is 2.13. The Bertz CT molecular complexity index is 569. The fourth-order valence-corrected chi connectivity index (χ4v) is 1.32. The molecule has 2 aromatic rings. The van der Waals surface area contributed by atoms with Crippen LogP contribution in [-0.4, -0.2) is 11.1 Å². The summed E-state index contributed by atoms with van der Waals surface area (Å²) in [6, 6.07) is 7.21. The first-order valence-corrected chi connectivity index (χ1v) is 4.98. The predicted octanol–water partition coefficient (Wildman–Crippen LogP) is 2.45. The van der Waals surface area contributed by atoms with Crippen LogP contribution < -0.4 is 11.1 Å². The highest BCUT2D eigenvalue weighted by Crippen LogP contribution is 2.21. The van der Waals surface area contributed by atoms with Crippen molar-refractivity contribution in [2.24, 2.45) is 0 Å². The van der Waals surface area contributed by atoms with Crippen molar-refractivity contribution in [1.82, 2.24) is 5.16 Å². The van der Waals surface area contributed by atoms with Crippen LogP contribution in [0.4, 0.5) is 20.3 Å². The van der Waals surface area contributed by atoms with Crippen LogP contribution in [0.15, 0.2) is 34.9 Å². The summed E-state index contributed by atoms with van der Waals surface area (Å²) in [5, 5.41) is 5.64. The number of halogens is 2. The molecule has 3 N–H and O–H groups in total. The highest BCUT2D eigenvalue weighted by atomic mass is 19.3. The Morgan fingerprint density at radius 1 is 1.39 bits per heavy atom. The number of nitrogens with two attached hydrogens (primary N) is 1. The van der Waals surface area contributed by atoms with E-state index in [0.29, 0.717) is 11.3 Å². The van der Waals surface area contributed by atoms with Crippen LogP contribution in [0.2, 0.25) is 0 Å². The summed E-state index contributed by atoms with van der Waals surface area (Å²) in [4.78, 5) is 11.7. The standard InChI is InChI=1S/C11H9F2N3O2/c12-10(13)8-5-9(16-18-8)15-11(17)6-2-1-3-7(14)4-6/h1-5,10H,14H2,(H,15,16,17). The molecule has 0 aliphatic carbocycles. The summed E-state index contributed by atoms with van der Waals surface area (Å²) in [7, 11) is 0. The van der Waals surface area contributed by atoms with Gasteiger partial charge in [-0.05, 0) is 18.2 Å². The average molecular weight is 253 g/mol. The van der Waals surface area contributed by atoms with Crippen molar-refractivity contribution in [2.75, 3.05) is 11.1 Å². The van der Waals surface area contributed by atoms with Crippen LogP contribution in [0, 0.1) is 0 Å². The SMILES string of the molecule is Nc1cccc(C(=O)Nc2cc(C(F)F)on2)c1. The Hall–Kier alpha value is -2.44. The van der Waals surface area contributed by atoms with E-state index in [1.54, 1.807) is 18.2 Å². The Balaban J connectivity index is 2.11. The van der Waals surface area contributed by atoms with Crippen molar-refractivity contribution in [3.63, 3.8) is 0 Å². The first-order chi connectivity index (χ1) is 8.56. The monoisotopic (exact) mass is 253 g/mol. The number of carbonyl (C=O) groups excluding carboxylic acids is 1. The van der Waals surface area contributed by atoms with Crippen LogP contribution in [0.1, 0.15) is 22.5 Å². The molecule has 1 heterocycles. The van der Waals surface area contributed by atoms with Gasteiger partial charge in [-0.2, -0.15) is 0 Å². The van der Waals surface area contributed by atoms with Gasteiger partial charge in [0.05, 0.1) is 0 Å². The fraction of sp³-hybridized carbons (Fsp3) is 0.0909. The van der Waals surface area contributed by atoms with Gasteiger partial charge in [0.2, 0.25) is 5.76 Å². The van der Waals surface area contributed by atoms with Gasteiger partial charge in [-0.3, -0.25) is 4.79 Å². The van der Waals surface area contributed by atoms with Crippen LogP contribution in [-0.2, 0) is 0 Å². The van der Waals surface area contributed by atoms with Gasteiger partial charge in [0.15, 0.2) is 5.82 Å². The van der Waals surface area contributed by atoms with E-state index in [9.17, 15) is 13.6 Å². The predicted molar refractivity (Wildman–Crippen MR) is 60.3 cm³/mol. The number of alkyl halides is 2. The molecular formula is C11H9F2N3O2. The molecule has 0 fully saturated rings. The van der Waals surface area contributed by atoms with E-state index in [1.165, 1.54) is 6.07 Å². The topological polar surface area (TPSA) is 81.2 Å². The van der Waals surface area contributed by atoms with E-state index in [2.05, 4.69) is 15.0 Å². The largest absolute Gasteiger partial charge is 0.399 e. The summed E-state index contributed by atoms with van der Waals surface area (Å²) in [5.41, 5.74) is 6.25. The molecule has 5 nitrogen and oxygen atoms in total. The third kappa shape index (κ3) is 2.62. The molecule has 0 atom stereocenters. The van der Waals surface area contributed by atoms with Crippen LogP contribution in [0.3, 0.4) is 0 Å². The van der Waals surface area contributed by atoms with Gasteiger partial charge in [-0.15, -0.1) is 0 Å².